The minimum absolute atomic E-state index is 0.154. The Morgan fingerprint density at radius 2 is 2.14 bits per heavy atom. The van der Waals surface area contributed by atoms with Crippen molar-refractivity contribution in [3.05, 3.63) is 23.5 Å². The fourth-order valence-corrected chi connectivity index (χ4v) is 3.87. The Bertz CT molecular complexity index is 601. The molecule has 0 bridgehead atoms. The van der Waals surface area contributed by atoms with Crippen LogP contribution in [-0.2, 0) is 16.4 Å². The topological polar surface area (TPSA) is 88.5 Å². The second-order valence-corrected chi connectivity index (χ2v) is 7.89. The normalized spacial score (nSPS) is 24.4. The lowest BCUT2D eigenvalue weighted by Gasteiger charge is -2.19. The third-order valence-electron chi connectivity index (χ3n) is 3.30. The van der Waals surface area contributed by atoms with Crippen LogP contribution in [0.5, 0.6) is 5.75 Å². The van der Waals surface area contributed by atoms with Gasteiger partial charge in [0, 0.05) is 18.3 Å². The Hall–Kier alpha value is -1.18. The van der Waals surface area contributed by atoms with E-state index in [0.717, 1.165) is 11.4 Å². The van der Waals surface area contributed by atoms with E-state index in [9.17, 15) is 13.5 Å². The summed E-state index contributed by atoms with van der Waals surface area (Å²) in [6, 6.07) is 3.89. The maximum atomic E-state index is 11.5. The summed E-state index contributed by atoms with van der Waals surface area (Å²) in [6.07, 6.45) is -1.71. The zero-order valence-electron chi connectivity index (χ0n) is 12.5. The molecule has 0 saturated carbocycles. The van der Waals surface area contributed by atoms with Gasteiger partial charge in [0.05, 0.1) is 17.2 Å². The molecular formula is C14H22N2O4S. The van der Waals surface area contributed by atoms with Crippen LogP contribution in [0.3, 0.4) is 0 Å². The van der Waals surface area contributed by atoms with Gasteiger partial charge in [0.1, 0.15) is 18.0 Å². The van der Waals surface area contributed by atoms with E-state index >= 15 is 0 Å². The minimum Gasteiger partial charge on any atom is -0.485 e. The zero-order valence-corrected chi connectivity index (χ0v) is 13.4. The second-order valence-electron chi connectivity index (χ2n) is 5.73. The fourth-order valence-electron chi connectivity index (χ4n) is 2.21. The number of aliphatic hydroxyl groups excluding tert-OH is 1. The van der Waals surface area contributed by atoms with E-state index in [1.54, 1.807) is 6.07 Å². The number of sulfone groups is 1. The lowest BCUT2D eigenvalue weighted by atomic mass is 10.2. The van der Waals surface area contributed by atoms with E-state index in [4.69, 9.17) is 4.74 Å². The van der Waals surface area contributed by atoms with Crippen molar-refractivity contribution >= 4 is 9.84 Å². The number of nitrogens with zero attached hydrogens (tertiary/aromatic N) is 1. The van der Waals surface area contributed by atoms with Crippen molar-refractivity contribution < 1.29 is 18.3 Å². The Balaban J connectivity index is 2.16. The van der Waals surface area contributed by atoms with Crippen molar-refractivity contribution in [3.63, 3.8) is 0 Å². The van der Waals surface area contributed by atoms with Gasteiger partial charge in [-0.25, -0.2) is 8.42 Å². The van der Waals surface area contributed by atoms with Gasteiger partial charge in [-0.3, -0.25) is 4.98 Å². The van der Waals surface area contributed by atoms with Gasteiger partial charge in [0.15, 0.2) is 9.84 Å². The van der Waals surface area contributed by atoms with Crippen LogP contribution in [0.4, 0.5) is 0 Å². The van der Waals surface area contributed by atoms with Crippen molar-refractivity contribution in [2.45, 2.75) is 45.6 Å². The molecule has 0 radical (unpaired) electrons. The van der Waals surface area contributed by atoms with Crippen LogP contribution in [0, 0.1) is 6.92 Å². The zero-order chi connectivity index (χ0) is 15.6. The first-order chi connectivity index (χ1) is 9.77. The largest absolute Gasteiger partial charge is 0.485 e. The number of pyridine rings is 1. The number of aliphatic hydroxyl groups is 1. The molecule has 0 spiro atoms. The molecule has 1 aromatic heterocycles. The molecule has 2 rings (SSSR count). The maximum absolute atomic E-state index is 11.5. The van der Waals surface area contributed by atoms with Gasteiger partial charge in [-0.1, -0.05) is 13.8 Å². The van der Waals surface area contributed by atoms with Crippen LogP contribution in [-0.4, -0.2) is 48.3 Å². The van der Waals surface area contributed by atoms with Crippen LogP contribution in [0.2, 0.25) is 0 Å². The number of aromatic nitrogens is 1. The Labute approximate surface area is 125 Å². The smallest absolute Gasteiger partial charge is 0.156 e. The quantitative estimate of drug-likeness (QED) is 0.819. The van der Waals surface area contributed by atoms with E-state index < -0.39 is 22.0 Å². The summed E-state index contributed by atoms with van der Waals surface area (Å²) in [5, 5.41) is 13.1. The molecule has 1 fully saturated rings. The molecule has 2 atom stereocenters. The van der Waals surface area contributed by atoms with E-state index in [2.05, 4.69) is 10.3 Å². The summed E-state index contributed by atoms with van der Waals surface area (Å²) in [5.74, 6) is 0.130. The highest BCUT2D eigenvalue weighted by Gasteiger charge is 2.38. The molecule has 2 heterocycles. The van der Waals surface area contributed by atoms with Gasteiger partial charge >= 0.3 is 0 Å². The molecule has 0 aromatic carbocycles. The van der Waals surface area contributed by atoms with Crippen molar-refractivity contribution in [2.24, 2.45) is 0 Å². The summed E-state index contributed by atoms with van der Waals surface area (Å²) < 4.78 is 28.8. The number of rotatable bonds is 5. The first-order valence-corrected chi connectivity index (χ1v) is 8.84. The van der Waals surface area contributed by atoms with Crippen molar-refractivity contribution in [1.29, 1.82) is 0 Å². The van der Waals surface area contributed by atoms with E-state index in [1.165, 1.54) is 0 Å². The average Bonchev–Trinajstić information content (AvgIpc) is 2.62. The lowest BCUT2D eigenvalue weighted by molar-refractivity contribution is 0.0727. The molecule has 2 N–H and O–H groups in total. The summed E-state index contributed by atoms with van der Waals surface area (Å²) >= 11 is 0. The molecule has 6 nitrogen and oxygen atoms in total. The summed E-state index contributed by atoms with van der Waals surface area (Å²) in [6.45, 7) is 6.48. The highest BCUT2D eigenvalue weighted by atomic mass is 32.2. The molecule has 21 heavy (non-hydrogen) atoms. The van der Waals surface area contributed by atoms with E-state index in [1.807, 2.05) is 26.8 Å². The number of aryl methyl sites for hydroxylation is 1. The Morgan fingerprint density at radius 1 is 1.43 bits per heavy atom. The van der Waals surface area contributed by atoms with Gasteiger partial charge in [0.25, 0.3) is 0 Å². The van der Waals surface area contributed by atoms with Crippen LogP contribution >= 0.6 is 0 Å². The standard InChI is InChI=1S/C14H22N2O4S/c1-9(2)15-6-11-13(5-4-10(3)16-11)20-14-8-21(18,19)7-12(14)17/h4-5,9,12,14-15,17H,6-8H2,1-3H3. The van der Waals surface area contributed by atoms with Crippen LogP contribution in [0.25, 0.3) is 0 Å². The van der Waals surface area contributed by atoms with Gasteiger partial charge in [-0.05, 0) is 19.1 Å². The summed E-state index contributed by atoms with van der Waals surface area (Å²) in [7, 11) is -3.22. The van der Waals surface area contributed by atoms with E-state index in [-0.39, 0.29) is 11.5 Å². The molecule has 118 valence electrons. The van der Waals surface area contributed by atoms with Crippen molar-refractivity contribution in [3.8, 4) is 5.75 Å². The first-order valence-electron chi connectivity index (χ1n) is 7.02. The number of nitrogens with one attached hydrogen (secondary N) is 1. The second kappa shape index (κ2) is 6.29. The highest BCUT2D eigenvalue weighted by molar-refractivity contribution is 7.91. The molecule has 1 aliphatic heterocycles. The SMILES string of the molecule is Cc1ccc(OC2CS(=O)(=O)CC2O)c(CNC(C)C)n1. The lowest BCUT2D eigenvalue weighted by Crippen LogP contribution is -2.31. The molecule has 7 heteroatoms. The Morgan fingerprint density at radius 3 is 2.71 bits per heavy atom. The Kier molecular flexibility index (Phi) is 4.85. The molecule has 0 aliphatic carbocycles. The molecule has 1 aromatic rings. The first kappa shape index (κ1) is 16.2. The third-order valence-corrected chi connectivity index (χ3v) is 4.99. The van der Waals surface area contributed by atoms with Gasteiger partial charge in [-0.15, -0.1) is 0 Å². The molecule has 1 saturated heterocycles. The monoisotopic (exact) mass is 314 g/mol. The molecular weight excluding hydrogens is 292 g/mol. The predicted octanol–water partition coefficient (Wildman–Crippen LogP) is 0.425. The van der Waals surface area contributed by atoms with Crippen molar-refractivity contribution in [2.75, 3.05) is 11.5 Å². The van der Waals surface area contributed by atoms with Gasteiger partial charge in [-0.2, -0.15) is 0 Å². The van der Waals surface area contributed by atoms with Gasteiger partial charge < -0.3 is 15.2 Å². The van der Waals surface area contributed by atoms with Gasteiger partial charge in [0.2, 0.25) is 0 Å². The van der Waals surface area contributed by atoms with Crippen LogP contribution in [0.15, 0.2) is 12.1 Å². The summed E-state index contributed by atoms with van der Waals surface area (Å²) in [4.78, 5) is 4.43. The molecule has 0 amide bonds. The molecule has 1 aliphatic rings. The predicted molar refractivity (Wildman–Crippen MR) is 80.0 cm³/mol. The fraction of sp³-hybridized carbons (Fsp3) is 0.643. The summed E-state index contributed by atoms with van der Waals surface area (Å²) in [5.41, 5.74) is 1.59. The minimum atomic E-state index is -3.22. The van der Waals surface area contributed by atoms with E-state index in [0.29, 0.717) is 18.3 Å². The molecule has 2 unspecified atom stereocenters. The number of hydrogen-bond acceptors (Lipinski definition) is 6. The average molecular weight is 314 g/mol. The number of hydrogen-bond donors (Lipinski definition) is 2. The highest BCUT2D eigenvalue weighted by Crippen LogP contribution is 2.23. The third kappa shape index (κ3) is 4.39. The maximum Gasteiger partial charge on any atom is 0.156 e. The van der Waals surface area contributed by atoms with Crippen molar-refractivity contribution in [1.82, 2.24) is 10.3 Å². The van der Waals surface area contributed by atoms with Crippen LogP contribution in [0.1, 0.15) is 25.2 Å². The van der Waals surface area contributed by atoms with Crippen LogP contribution < -0.4 is 10.1 Å². The number of ether oxygens (including phenoxy) is 1.